The molecule has 0 saturated carbocycles. The van der Waals surface area contributed by atoms with Gasteiger partial charge >= 0.3 is 5.69 Å². The predicted molar refractivity (Wildman–Crippen MR) is 121 cm³/mol. The highest BCUT2D eigenvalue weighted by Gasteiger charge is 2.25. The fourth-order valence-corrected chi connectivity index (χ4v) is 4.35. The minimum Gasteiger partial charge on any atom is -0.404 e. The molecule has 0 fully saturated rings. The van der Waals surface area contributed by atoms with E-state index in [0.29, 0.717) is 17.7 Å². The molecule has 0 atom stereocenters. The highest BCUT2D eigenvalue weighted by Crippen LogP contribution is 2.40. The summed E-state index contributed by atoms with van der Waals surface area (Å²) in [6.07, 6.45) is 1.83. The molecular formula is C23H25F2N5O. The van der Waals surface area contributed by atoms with E-state index < -0.39 is 6.43 Å². The van der Waals surface area contributed by atoms with Crippen molar-refractivity contribution in [1.82, 2.24) is 9.13 Å². The van der Waals surface area contributed by atoms with Gasteiger partial charge in [0.25, 0.3) is 6.43 Å². The number of benzene rings is 2. The first kappa shape index (κ1) is 20.8. The van der Waals surface area contributed by atoms with Gasteiger partial charge in [-0.05, 0) is 54.3 Å². The second-order valence-electron chi connectivity index (χ2n) is 7.71. The summed E-state index contributed by atoms with van der Waals surface area (Å²) in [5, 5.41) is 0. The van der Waals surface area contributed by atoms with Gasteiger partial charge in [0.15, 0.2) is 0 Å². The normalized spacial score (nSPS) is 14.8. The van der Waals surface area contributed by atoms with E-state index in [9.17, 15) is 13.6 Å². The topological polar surface area (TPSA) is 68.5 Å². The largest absolute Gasteiger partial charge is 0.404 e. The average Bonchev–Trinajstić information content (AvgIpc) is 2.99. The number of imidazole rings is 1. The van der Waals surface area contributed by atoms with Gasteiger partial charge in [0.1, 0.15) is 0 Å². The lowest BCUT2D eigenvalue weighted by Gasteiger charge is -2.33. The molecular weight excluding hydrogens is 400 g/mol. The Morgan fingerprint density at radius 2 is 1.90 bits per heavy atom. The smallest absolute Gasteiger partial charge is 0.328 e. The van der Waals surface area contributed by atoms with Crippen LogP contribution in [0.25, 0.3) is 16.6 Å². The van der Waals surface area contributed by atoms with E-state index in [0.717, 1.165) is 40.8 Å². The number of aliphatic imine (C=N–C) groups is 1. The van der Waals surface area contributed by atoms with Crippen molar-refractivity contribution >= 4 is 34.2 Å². The Morgan fingerprint density at radius 3 is 2.58 bits per heavy atom. The number of aryl methyl sites for hydroxylation is 3. The zero-order valence-electron chi connectivity index (χ0n) is 17.8. The number of fused-ring (bicyclic) bond motifs is 2. The average molecular weight is 425 g/mol. The molecule has 0 spiro atoms. The van der Waals surface area contributed by atoms with Crippen molar-refractivity contribution < 1.29 is 8.78 Å². The van der Waals surface area contributed by atoms with Crippen LogP contribution in [0.15, 0.2) is 46.3 Å². The molecule has 162 valence electrons. The summed E-state index contributed by atoms with van der Waals surface area (Å²) in [5.41, 5.74) is 10.6. The molecule has 2 aromatic carbocycles. The second-order valence-corrected chi connectivity index (χ2v) is 7.71. The zero-order chi connectivity index (χ0) is 22.3. The number of hydrogen-bond donors (Lipinski definition) is 1. The molecule has 0 amide bonds. The SMILES string of the molecule is CN=CC(=CN)c1cc2c(cc1C(F)F)N(c1ccc3c(c1)n(C)c(=O)n3C)CCC2. The standard InChI is InChI=1S/C23H25F2N5O/c1-27-13-15(12-26)17-9-14-5-4-8-30(20(14)11-18(17)22(24)25)16-6-7-19-21(10-16)29(3)23(31)28(19)2/h6-7,9-13,22H,4-5,8,26H2,1-3H3. The second kappa shape index (κ2) is 8.02. The quantitative estimate of drug-likeness (QED) is 0.645. The molecule has 3 aromatic rings. The third-order valence-corrected chi connectivity index (χ3v) is 5.93. The number of nitrogens with two attached hydrogens (primary N) is 1. The molecule has 1 aliphatic rings. The van der Waals surface area contributed by atoms with Crippen LogP contribution < -0.4 is 16.3 Å². The molecule has 2 heterocycles. The third kappa shape index (κ3) is 3.41. The van der Waals surface area contributed by atoms with Crippen molar-refractivity contribution in [3.8, 4) is 0 Å². The van der Waals surface area contributed by atoms with Crippen molar-refractivity contribution in [2.75, 3.05) is 18.5 Å². The van der Waals surface area contributed by atoms with Crippen molar-refractivity contribution in [2.45, 2.75) is 19.3 Å². The van der Waals surface area contributed by atoms with Crippen LogP contribution in [-0.2, 0) is 20.5 Å². The van der Waals surface area contributed by atoms with E-state index in [1.807, 2.05) is 23.1 Å². The van der Waals surface area contributed by atoms with E-state index in [4.69, 9.17) is 5.73 Å². The molecule has 0 saturated heterocycles. The van der Waals surface area contributed by atoms with Crippen molar-refractivity contribution in [2.24, 2.45) is 24.8 Å². The molecule has 2 N–H and O–H groups in total. The highest BCUT2D eigenvalue weighted by atomic mass is 19.3. The molecule has 0 aliphatic carbocycles. The maximum Gasteiger partial charge on any atom is 0.328 e. The fourth-order valence-electron chi connectivity index (χ4n) is 4.35. The van der Waals surface area contributed by atoms with Crippen LogP contribution in [-0.4, -0.2) is 28.9 Å². The number of hydrogen-bond acceptors (Lipinski definition) is 4. The lowest BCUT2D eigenvalue weighted by atomic mass is 9.92. The summed E-state index contributed by atoms with van der Waals surface area (Å²) in [6.45, 7) is 0.706. The van der Waals surface area contributed by atoms with Crippen LogP contribution in [0, 0.1) is 0 Å². The van der Waals surface area contributed by atoms with Crippen LogP contribution in [0.5, 0.6) is 0 Å². The summed E-state index contributed by atoms with van der Waals surface area (Å²) >= 11 is 0. The van der Waals surface area contributed by atoms with Crippen LogP contribution >= 0.6 is 0 Å². The number of nitrogens with zero attached hydrogens (tertiary/aromatic N) is 4. The Bertz CT molecular complexity index is 1270. The van der Waals surface area contributed by atoms with Gasteiger partial charge in [-0.15, -0.1) is 0 Å². The summed E-state index contributed by atoms with van der Waals surface area (Å²) in [5.74, 6) is 0. The molecule has 1 aromatic heterocycles. The molecule has 0 radical (unpaired) electrons. The third-order valence-electron chi connectivity index (χ3n) is 5.93. The first-order valence-electron chi connectivity index (χ1n) is 10.1. The predicted octanol–water partition coefficient (Wildman–Crippen LogP) is 3.90. The molecule has 0 unspecified atom stereocenters. The van der Waals surface area contributed by atoms with E-state index in [1.165, 1.54) is 12.4 Å². The van der Waals surface area contributed by atoms with Crippen LogP contribution in [0.2, 0.25) is 0 Å². The Morgan fingerprint density at radius 1 is 1.16 bits per heavy atom. The van der Waals surface area contributed by atoms with Gasteiger partial charge in [-0.25, -0.2) is 13.6 Å². The van der Waals surface area contributed by atoms with Gasteiger partial charge in [0, 0.05) is 62.6 Å². The lowest BCUT2D eigenvalue weighted by molar-refractivity contribution is 0.151. The summed E-state index contributed by atoms with van der Waals surface area (Å²) in [4.78, 5) is 18.3. The van der Waals surface area contributed by atoms with E-state index in [2.05, 4.69) is 4.99 Å². The molecule has 4 rings (SSSR count). The number of anilines is 2. The molecule has 1 aliphatic heterocycles. The van der Waals surface area contributed by atoms with Gasteiger partial charge in [0.05, 0.1) is 11.0 Å². The van der Waals surface area contributed by atoms with Crippen LogP contribution in [0.3, 0.4) is 0 Å². The Hall–Kier alpha value is -3.42. The lowest BCUT2D eigenvalue weighted by Crippen LogP contribution is -2.25. The summed E-state index contributed by atoms with van der Waals surface area (Å²) < 4.78 is 31.2. The number of aromatic nitrogens is 2. The molecule has 8 heteroatoms. The molecule has 0 bridgehead atoms. The number of alkyl halides is 2. The first-order chi connectivity index (χ1) is 14.9. The first-order valence-corrected chi connectivity index (χ1v) is 10.1. The number of rotatable bonds is 4. The molecule has 31 heavy (non-hydrogen) atoms. The number of allylic oxidation sites excluding steroid dienone is 1. The van der Waals surface area contributed by atoms with Crippen molar-refractivity contribution in [3.05, 3.63) is 63.7 Å². The van der Waals surface area contributed by atoms with Gasteiger partial charge < -0.3 is 10.6 Å². The van der Waals surface area contributed by atoms with Crippen LogP contribution in [0.1, 0.15) is 29.5 Å². The summed E-state index contributed by atoms with van der Waals surface area (Å²) in [6, 6.07) is 9.14. The van der Waals surface area contributed by atoms with Crippen molar-refractivity contribution in [3.63, 3.8) is 0 Å². The summed E-state index contributed by atoms with van der Waals surface area (Å²) in [7, 11) is 5.05. The van der Waals surface area contributed by atoms with E-state index >= 15 is 0 Å². The van der Waals surface area contributed by atoms with Gasteiger partial charge in [-0.2, -0.15) is 0 Å². The Balaban J connectivity index is 1.88. The van der Waals surface area contributed by atoms with Gasteiger partial charge in [-0.1, -0.05) is 0 Å². The monoisotopic (exact) mass is 425 g/mol. The Kier molecular flexibility index (Phi) is 5.39. The maximum atomic E-state index is 14.0. The fraction of sp³-hybridized carbons (Fsp3) is 0.304. The number of halogens is 2. The van der Waals surface area contributed by atoms with Gasteiger partial charge in [-0.3, -0.25) is 14.1 Å². The zero-order valence-corrected chi connectivity index (χ0v) is 17.8. The van der Waals surface area contributed by atoms with E-state index in [1.54, 1.807) is 42.4 Å². The minimum atomic E-state index is -2.65. The minimum absolute atomic E-state index is 0.0737. The van der Waals surface area contributed by atoms with Crippen LogP contribution in [0.4, 0.5) is 20.2 Å². The van der Waals surface area contributed by atoms with Crippen molar-refractivity contribution in [1.29, 1.82) is 0 Å². The molecule has 6 nitrogen and oxygen atoms in total. The maximum absolute atomic E-state index is 14.0. The van der Waals surface area contributed by atoms with E-state index in [-0.39, 0.29) is 11.3 Å². The Labute approximate surface area is 178 Å². The highest BCUT2D eigenvalue weighted by molar-refractivity contribution is 6.10. The van der Waals surface area contributed by atoms with Gasteiger partial charge in [0.2, 0.25) is 0 Å².